The number of rotatable bonds is 4. The van der Waals surface area contributed by atoms with E-state index in [9.17, 15) is 4.79 Å². The molecule has 0 spiro atoms. The molecule has 0 aliphatic carbocycles. The zero-order valence-corrected chi connectivity index (χ0v) is 20.7. The van der Waals surface area contributed by atoms with Gasteiger partial charge in [0.05, 0.1) is 11.7 Å². The molecule has 1 aliphatic heterocycles. The zero-order valence-electron chi connectivity index (χ0n) is 19.9. The molecule has 1 amide bonds. The molecule has 5 nitrogen and oxygen atoms in total. The van der Waals surface area contributed by atoms with E-state index < -0.39 is 0 Å². The number of nitrogens with two attached hydrogens (primary N) is 1. The number of pyridine rings is 1. The van der Waals surface area contributed by atoms with Crippen LogP contribution in [0.1, 0.15) is 43.7 Å². The second-order valence-electron chi connectivity index (χ2n) is 9.02. The molecule has 0 saturated carbocycles. The van der Waals surface area contributed by atoms with Crippen LogP contribution in [0.25, 0.3) is 10.2 Å². The molecule has 1 aliphatic rings. The van der Waals surface area contributed by atoms with Crippen LogP contribution >= 0.6 is 11.3 Å². The van der Waals surface area contributed by atoms with Gasteiger partial charge in [-0.05, 0) is 43.0 Å². The van der Waals surface area contributed by atoms with Crippen molar-refractivity contribution in [3.8, 4) is 0 Å². The Morgan fingerprint density at radius 1 is 0.882 bits per heavy atom. The minimum atomic E-state index is 0.0193. The maximum absolute atomic E-state index is 13.5. The average molecular weight is 471 g/mol. The van der Waals surface area contributed by atoms with Gasteiger partial charge in [-0.2, -0.15) is 0 Å². The Labute approximate surface area is 204 Å². The van der Waals surface area contributed by atoms with E-state index in [0.29, 0.717) is 23.7 Å². The van der Waals surface area contributed by atoms with Gasteiger partial charge in [-0.1, -0.05) is 60.7 Å². The average Bonchev–Trinajstić information content (AvgIpc) is 3.20. The Morgan fingerprint density at radius 3 is 2.00 bits per heavy atom. The molecule has 2 aromatic heterocycles. The Hall–Kier alpha value is -3.22. The predicted molar refractivity (Wildman–Crippen MR) is 140 cm³/mol. The van der Waals surface area contributed by atoms with Crippen molar-refractivity contribution in [3.05, 3.63) is 93.5 Å². The van der Waals surface area contributed by atoms with Crippen molar-refractivity contribution < 1.29 is 4.79 Å². The minimum absolute atomic E-state index is 0.0193. The molecule has 0 unspecified atom stereocenters. The van der Waals surface area contributed by atoms with Gasteiger partial charge in [0.1, 0.15) is 9.71 Å². The van der Waals surface area contributed by atoms with Crippen LogP contribution in [-0.4, -0.2) is 46.9 Å². The number of hydrogen-bond donors (Lipinski definition) is 1. The van der Waals surface area contributed by atoms with Crippen LogP contribution in [0.5, 0.6) is 0 Å². The van der Waals surface area contributed by atoms with E-state index in [1.807, 2.05) is 11.8 Å². The summed E-state index contributed by atoms with van der Waals surface area (Å²) in [7, 11) is 0. The van der Waals surface area contributed by atoms with Crippen molar-refractivity contribution in [1.82, 2.24) is 14.8 Å². The number of aromatic nitrogens is 1. The summed E-state index contributed by atoms with van der Waals surface area (Å²) in [5, 5.41) is 0.934. The van der Waals surface area contributed by atoms with Gasteiger partial charge in [0.2, 0.25) is 0 Å². The number of thiophene rings is 1. The lowest BCUT2D eigenvalue weighted by Crippen LogP contribution is -2.49. The van der Waals surface area contributed by atoms with Crippen molar-refractivity contribution in [3.63, 3.8) is 0 Å². The van der Waals surface area contributed by atoms with Crippen LogP contribution in [0.2, 0.25) is 0 Å². The summed E-state index contributed by atoms with van der Waals surface area (Å²) in [6.07, 6.45) is 0. The van der Waals surface area contributed by atoms with Crippen molar-refractivity contribution in [2.24, 2.45) is 0 Å². The van der Waals surface area contributed by atoms with E-state index in [-0.39, 0.29) is 11.9 Å². The first-order valence-corrected chi connectivity index (χ1v) is 12.6. The topological polar surface area (TPSA) is 62.5 Å². The Kier molecular flexibility index (Phi) is 6.11. The van der Waals surface area contributed by atoms with Crippen LogP contribution in [0, 0.1) is 20.8 Å². The standard InChI is InChI=1S/C28H30N4OS/c1-18-19(2)23-24(29)26(34-27(23)30-20(18)3)28(33)32-16-14-31(15-17-32)25(21-10-6-4-7-11-21)22-12-8-5-9-13-22/h4-13,25H,14-17,29H2,1-3H3. The molecule has 3 heterocycles. The zero-order chi connectivity index (χ0) is 23.8. The highest BCUT2D eigenvalue weighted by Gasteiger charge is 2.30. The molecule has 174 valence electrons. The van der Waals surface area contributed by atoms with Crippen molar-refractivity contribution in [2.75, 3.05) is 31.9 Å². The third-order valence-electron chi connectivity index (χ3n) is 7.07. The fourth-order valence-electron chi connectivity index (χ4n) is 4.94. The first-order valence-electron chi connectivity index (χ1n) is 11.7. The van der Waals surface area contributed by atoms with E-state index in [4.69, 9.17) is 10.7 Å². The highest BCUT2D eigenvalue weighted by atomic mass is 32.1. The van der Waals surface area contributed by atoms with Gasteiger partial charge in [-0.15, -0.1) is 11.3 Å². The molecule has 1 fully saturated rings. The van der Waals surface area contributed by atoms with E-state index in [2.05, 4.69) is 79.4 Å². The number of nitrogens with zero attached hydrogens (tertiary/aromatic N) is 3. The second kappa shape index (κ2) is 9.20. The lowest BCUT2D eigenvalue weighted by Gasteiger charge is -2.39. The third kappa shape index (κ3) is 3.97. The fourth-order valence-corrected chi connectivity index (χ4v) is 6.11. The molecule has 0 atom stereocenters. The molecular formula is C28H30N4OS. The number of benzene rings is 2. The van der Waals surface area contributed by atoms with Gasteiger partial charge in [0.15, 0.2) is 0 Å². The first-order chi connectivity index (χ1) is 16.5. The summed E-state index contributed by atoms with van der Waals surface area (Å²) in [6.45, 7) is 9.09. The maximum atomic E-state index is 13.5. The van der Waals surface area contributed by atoms with Crippen molar-refractivity contribution in [2.45, 2.75) is 26.8 Å². The van der Waals surface area contributed by atoms with Gasteiger partial charge in [0.25, 0.3) is 5.91 Å². The first kappa shape index (κ1) is 22.6. The SMILES string of the molecule is Cc1nc2sc(C(=O)N3CCN(C(c4ccccc4)c4ccccc4)CC3)c(N)c2c(C)c1C. The van der Waals surface area contributed by atoms with E-state index >= 15 is 0 Å². The quantitative estimate of drug-likeness (QED) is 0.437. The summed E-state index contributed by atoms with van der Waals surface area (Å²) in [6, 6.07) is 21.4. The summed E-state index contributed by atoms with van der Waals surface area (Å²) in [5.41, 5.74) is 12.9. The monoisotopic (exact) mass is 470 g/mol. The Balaban J connectivity index is 1.38. The number of nitrogen functional groups attached to an aromatic ring is 1. The molecule has 2 aromatic carbocycles. The molecule has 34 heavy (non-hydrogen) atoms. The largest absolute Gasteiger partial charge is 0.397 e. The number of carbonyl (C=O) groups excluding carboxylic acids is 1. The van der Waals surface area contributed by atoms with Crippen LogP contribution in [0.4, 0.5) is 5.69 Å². The maximum Gasteiger partial charge on any atom is 0.266 e. The third-order valence-corrected chi connectivity index (χ3v) is 8.15. The van der Waals surface area contributed by atoms with Gasteiger partial charge in [-0.3, -0.25) is 9.69 Å². The van der Waals surface area contributed by atoms with E-state index in [1.54, 1.807) is 0 Å². The number of piperazine rings is 1. The highest BCUT2D eigenvalue weighted by molar-refractivity contribution is 7.21. The predicted octanol–water partition coefficient (Wildman–Crippen LogP) is 5.35. The number of hydrogen-bond acceptors (Lipinski definition) is 5. The van der Waals surface area contributed by atoms with E-state index in [1.165, 1.54) is 22.5 Å². The number of amides is 1. The molecule has 4 aromatic rings. The van der Waals surface area contributed by atoms with E-state index in [0.717, 1.165) is 40.1 Å². The smallest absolute Gasteiger partial charge is 0.266 e. The summed E-state index contributed by atoms with van der Waals surface area (Å²) >= 11 is 1.42. The Morgan fingerprint density at radius 2 is 1.44 bits per heavy atom. The van der Waals surface area contributed by atoms with Crippen LogP contribution < -0.4 is 5.73 Å². The van der Waals surface area contributed by atoms with Crippen LogP contribution in [0.3, 0.4) is 0 Å². The van der Waals surface area contributed by atoms with Crippen molar-refractivity contribution >= 4 is 33.1 Å². The summed E-state index contributed by atoms with van der Waals surface area (Å²) < 4.78 is 0. The van der Waals surface area contributed by atoms with Gasteiger partial charge < -0.3 is 10.6 Å². The van der Waals surface area contributed by atoms with Crippen LogP contribution in [0.15, 0.2) is 60.7 Å². The molecule has 0 bridgehead atoms. The number of anilines is 1. The minimum Gasteiger partial charge on any atom is -0.397 e. The van der Waals surface area contributed by atoms with Gasteiger partial charge in [-0.25, -0.2) is 4.98 Å². The van der Waals surface area contributed by atoms with Crippen LogP contribution in [-0.2, 0) is 0 Å². The number of aryl methyl sites for hydroxylation is 2. The molecule has 1 saturated heterocycles. The molecule has 0 radical (unpaired) electrons. The van der Waals surface area contributed by atoms with Gasteiger partial charge >= 0.3 is 0 Å². The lowest BCUT2D eigenvalue weighted by atomic mass is 9.96. The molecular weight excluding hydrogens is 440 g/mol. The molecule has 6 heteroatoms. The fraction of sp³-hybridized carbons (Fsp3) is 0.286. The normalized spacial score (nSPS) is 14.8. The Bertz CT molecular complexity index is 1290. The van der Waals surface area contributed by atoms with Gasteiger partial charge in [0, 0.05) is 37.3 Å². The second-order valence-corrected chi connectivity index (χ2v) is 10.0. The highest BCUT2D eigenvalue weighted by Crippen LogP contribution is 2.37. The molecule has 5 rings (SSSR count). The number of fused-ring (bicyclic) bond motifs is 1. The summed E-state index contributed by atoms with van der Waals surface area (Å²) in [4.78, 5) is 24.1. The number of carbonyl (C=O) groups is 1. The lowest BCUT2D eigenvalue weighted by molar-refractivity contribution is 0.0603. The molecule has 2 N–H and O–H groups in total. The van der Waals surface area contributed by atoms with Crippen molar-refractivity contribution in [1.29, 1.82) is 0 Å². The summed E-state index contributed by atoms with van der Waals surface area (Å²) in [5.74, 6) is 0.0193.